The first-order valence-electron chi connectivity index (χ1n) is 8.57. The van der Waals surface area contributed by atoms with E-state index in [1.54, 1.807) is 0 Å². The lowest BCUT2D eigenvalue weighted by Gasteiger charge is -2.38. The molecule has 0 heterocycles. The predicted octanol–water partition coefficient (Wildman–Crippen LogP) is 4.59. The molecule has 130 valence electrons. The standard InChI is InChI=1S/C21H30O2Si/c1-21(2,3)24(4,5)23-20(15-11-6-7-12-18-22)17-16-19-13-9-8-10-14-19/h8-10,13-14,20,22H,6,11,15,18H2,1-5H3. The first kappa shape index (κ1) is 20.5. The van der Waals surface area contributed by atoms with Gasteiger partial charge in [0.2, 0.25) is 0 Å². The number of rotatable bonds is 5. The van der Waals surface area contributed by atoms with Gasteiger partial charge in [-0.25, -0.2) is 0 Å². The summed E-state index contributed by atoms with van der Waals surface area (Å²) in [5.41, 5.74) is 1.02. The Bertz CT molecular complexity index is 606. The van der Waals surface area contributed by atoms with Crippen molar-refractivity contribution in [2.75, 3.05) is 6.61 Å². The largest absolute Gasteiger partial charge is 0.403 e. The van der Waals surface area contributed by atoms with E-state index in [9.17, 15) is 0 Å². The van der Waals surface area contributed by atoms with Gasteiger partial charge in [0.1, 0.15) is 12.7 Å². The van der Waals surface area contributed by atoms with Gasteiger partial charge in [-0.05, 0) is 43.1 Å². The number of hydrogen-bond donors (Lipinski definition) is 1. The van der Waals surface area contributed by atoms with Gasteiger partial charge in [0.25, 0.3) is 0 Å². The van der Waals surface area contributed by atoms with E-state index in [2.05, 4.69) is 57.5 Å². The summed E-state index contributed by atoms with van der Waals surface area (Å²) in [6.07, 6.45) is 2.50. The molecule has 0 bridgehead atoms. The molecule has 0 radical (unpaired) electrons. The summed E-state index contributed by atoms with van der Waals surface area (Å²) < 4.78 is 6.50. The number of aliphatic hydroxyl groups is 1. The minimum absolute atomic E-state index is 0.0676. The van der Waals surface area contributed by atoms with Crippen LogP contribution in [0.2, 0.25) is 18.1 Å². The van der Waals surface area contributed by atoms with Crippen LogP contribution in [0.15, 0.2) is 30.3 Å². The highest BCUT2D eigenvalue weighted by molar-refractivity contribution is 6.74. The Labute approximate surface area is 148 Å². The quantitative estimate of drug-likeness (QED) is 0.481. The second-order valence-corrected chi connectivity index (χ2v) is 12.2. The summed E-state index contributed by atoms with van der Waals surface area (Å²) >= 11 is 0. The third-order valence-electron chi connectivity index (χ3n) is 4.37. The van der Waals surface area contributed by atoms with Gasteiger partial charge in [-0.1, -0.05) is 56.7 Å². The van der Waals surface area contributed by atoms with Crippen molar-refractivity contribution in [1.82, 2.24) is 0 Å². The molecule has 1 N–H and O–H groups in total. The predicted molar refractivity (Wildman–Crippen MR) is 104 cm³/mol. The fourth-order valence-electron chi connectivity index (χ4n) is 1.90. The van der Waals surface area contributed by atoms with Crippen molar-refractivity contribution in [2.45, 2.75) is 64.3 Å². The maximum absolute atomic E-state index is 8.71. The SMILES string of the molecule is CC(C)(C)[Si](C)(C)OC(C#Cc1ccccc1)CCCC#CCO. The van der Waals surface area contributed by atoms with E-state index in [1.807, 2.05) is 30.3 Å². The van der Waals surface area contributed by atoms with E-state index in [0.717, 1.165) is 24.8 Å². The van der Waals surface area contributed by atoms with Crippen LogP contribution in [0.25, 0.3) is 0 Å². The molecule has 1 aromatic rings. The molecule has 2 nitrogen and oxygen atoms in total. The zero-order valence-corrected chi connectivity index (χ0v) is 16.6. The second-order valence-electron chi connectivity index (χ2n) is 7.41. The smallest absolute Gasteiger partial charge is 0.193 e. The Balaban J connectivity index is 2.81. The number of hydrogen-bond acceptors (Lipinski definition) is 2. The summed E-state index contributed by atoms with van der Waals surface area (Å²) in [7, 11) is -1.86. The summed E-state index contributed by atoms with van der Waals surface area (Å²) in [4.78, 5) is 0. The van der Waals surface area contributed by atoms with Crippen molar-refractivity contribution >= 4 is 8.32 Å². The lowest BCUT2D eigenvalue weighted by Crippen LogP contribution is -2.43. The third-order valence-corrected chi connectivity index (χ3v) is 8.85. The van der Waals surface area contributed by atoms with Gasteiger partial charge in [0, 0.05) is 12.0 Å². The molecular formula is C21H30O2Si. The Morgan fingerprint density at radius 2 is 1.79 bits per heavy atom. The summed E-state index contributed by atoms with van der Waals surface area (Å²) in [6.45, 7) is 11.2. The summed E-state index contributed by atoms with van der Waals surface area (Å²) in [6, 6.07) is 10.0. The van der Waals surface area contributed by atoms with Gasteiger partial charge in [-0.3, -0.25) is 0 Å². The van der Waals surface area contributed by atoms with E-state index >= 15 is 0 Å². The van der Waals surface area contributed by atoms with Gasteiger partial charge in [0.15, 0.2) is 8.32 Å². The van der Waals surface area contributed by atoms with E-state index in [4.69, 9.17) is 9.53 Å². The van der Waals surface area contributed by atoms with Crippen molar-refractivity contribution < 1.29 is 9.53 Å². The summed E-state index contributed by atoms with van der Waals surface area (Å²) in [5.74, 6) is 12.2. The fraction of sp³-hybridized carbons (Fsp3) is 0.524. The van der Waals surface area contributed by atoms with Crippen molar-refractivity contribution in [1.29, 1.82) is 0 Å². The van der Waals surface area contributed by atoms with Crippen molar-refractivity contribution in [3.63, 3.8) is 0 Å². The lowest BCUT2D eigenvalue weighted by atomic mass is 10.1. The van der Waals surface area contributed by atoms with Gasteiger partial charge < -0.3 is 9.53 Å². The van der Waals surface area contributed by atoms with Crippen LogP contribution < -0.4 is 0 Å². The number of unbranched alkanes of at least 4 members (excludes halogenated alkanes) is 1. The maximum Gasteiger partial charge on any atom is 0.193 e. The van der Waals surface area contributed by atoms with Crippen LogP contribution in [0.3, 0.4) is 0 Å². The maximum atomic E-state index is 8.71. The molecule has 0 aromatic heterocycles. The van der Waals surface area contributed by atoms with Crippen molar-refractivity contribution in [3.8, 4) is 23.7 Å². The molecule has 1 atom stereocenters. The first-order valence-corrected chi connectivity index (χ1v) is 11.5. The Morgan fingerprint density at radius 3 is 2.38 bits per heavy atom. The van der Waals surface area contributed by atoms with Crippen LogP contribution in [-0.4, -0.2) is 26.1 Å². The lowest BCUT2D eigenvalue weighted by molar-refractivity contribution is 0.221. The van der Waals surface area contributed by atoms with Gasteiger partial charge in [-0.15, -0.1) is 5.92 Å². The molecule has 0 aliphatic heterocycles. The minimum Gasteiger partial charge on any atom is -0.403 e. The van der Waals surface area contributed by atoms with Crippen LogP contribution >= 0.6 is 0 Å². The zero-order chi connectivity index (χ0) is 18.1. The molecule has 1 aromatic carbocycles. The minimum atomic E-state index is -1.86. The third kappa shape index (κ3) is 7.36. The van der Waals surface area contributed by atoms with Gasteiger partial charge in [0.05, 0.1) is 0 Å². The topological polar surface area (TPSA) is 29.5 Å². The highest BCUT2D eigenvalue weighted by Gasteiger charge is 2.38. The first-order chi connectivity index (χ1) is 11.3. The number of aliphatic hydroxyl groups excluding tert-OH is 1. The average Bonchev–Trinajstić information content (AvgIpc) is 2.52. The normalized spacial score (nSPS) is 12.6. The molecule has 3 heteroatoms. The molecule has 0 saturated heterocycles. The summed E-state index contributed by atoms with van der Waals surface area (Å²) in [5, 5.41) is 8.88. The number of benzene rings is 1. The van der Waals surface area contributed by atoms with Gasteiger partial charge >= 0.3 is 0 Å². The highest BCUT2D eigenvalue weighted by Crippen LogP contribution is 2.37. The Morgan fingerprint density at radius 1 is 1.12 bits per heavy atom. The molecule has 0 amide bonds. The van der Waals surface area contributed by atoms with E-state index in [0.29, 0.717) is 0 Å². The van der Waals surface area contributed by atoms with Gasteiger partial charge in [-0.2, -0.15) is 0 Å². The van der Waals surface area contributed by atoms with Crippen LogP contribution in [0.1, 0.15) is 45.6 Å². The Kier molecular flexibility index (Phi) is 8.29. The molecule has 0 aliphatic rings. The molecular weight excluding hydrogens is 312 g/mol. The molecule has 0 fully saturated rings. The van der Waals surface area contributed by atoms with Crippen LogP contribution in [-0.2, 0) is 4.43 Å². The van der Waals surface area contributed by atoms with Crippen molar-refractivity contribution in [3.05, 3.63) is 35.9 Å². The fourth-order valence-corrected chi connectivity index (χ4v) is 3.14. The molecule has 24 heavy (non-hydrogen) atoms. The molecule has 1 unspecified atom stereocenters. The van der Waals surface area contributed by atoms with Crippen molar-refractivity contribution in [2.24, 2.45) is 0 Å². The van der Waals surface area contributed by atoms with Crippen LogP contribution in [0.5, 0.6) is 0 Å². The van der Waals surface area contributed by atoms with Crippen LogP contribution in [0.4, 0.5) is 0 Å². The second kappa shape index (κ2) is 9.70. The highest BCUT2D eigenvalue weighted by atomic mass is 28.4. The monoisotopic (exact) mass is 342 g/mol. The van der Waals surface area contributed by atoms with Crippen LogP contribution in [0, 0.1) is 23.7 Å². The molecule has 0 aliphatic carbocycles. The molecule has 1 rings (SSSR count). The molecule has 0 saturated carbocycles. The van der Waals surface area contributed by atoms with E-state index in [-0.39, 0.29) is 17.7 Å². The molecule has 0 spiro atoms. The average molecular weight is 343 g/mol. The Hall–Kier alpha value is -1.52. The van der Waals surface area contributed by atoms with E-state index < -0.39 is 8.32 Å². The van der Waals surface area contributed by atoms with E-state index in [1.165, 1.54) is 0 Å². The zero-order valence-electron chi connectivity index (χ0n) is 15.6.